The Bertz CT molecular complexity index is 974. The normalized spacial score (nSPS) is 12.3. The minimum absolute atomic E-state index is 0.0412. The molecule has 27 heavy (non-hydrogen) atoms. The number of hydrogen-bond donors (Lipinski definition) is 1. The van der Waals surface area contributed by atoms with Gasteiger partial charge >= 0.3 is 0 Å². The molecule has 0 spiro atoms. The number of carbonyl (C=O) groups excluding carboxylic acids is 1. The molecule has 9 heteroatoms. The van der Waals surface area contributed by atoms with Crippen LogP contribution in [0.4, 0.5) is 11.4 Å². The van der Waals surface area contributed by atoms with E-state index in [0.29, 0.717) is 5.69 Å². The van der Waals surface area contributed by atoms with Crippen LogP contribution in [0.1, 0.15) is 18.0 Å². The molecule has 0 bridgehead atoms. The summed E-state index contributed by atoms with van der Waals surface area (Å²) in [5.41, 5.74) is 1.16. The lowest BCUT2D eigenvalue weighted by Crippen LogP contribution is -2.32. The summed E-state index contributed by atoms with van der Waals surface area (Å²) in [5.74, 6) is -0.263. The van der Waals surface area contributed by atoms with Crippen molar-refractivity contribution in [2.24, 2.45) is 0 Å². The summed E-state index contributed by atoms with van der Waals surface area (Å²) in [5, 5.41) is 14.5. The second-order valence-corrected chi connectivity index (χ2v) is 7.55. The van der Waals surface area contributed by atoms with E-state index in [-0.39, 0.29) is 29.2 Å². The minimum Gasteiger partial charge on any atom is -0.324 e. The quantitative estimate of drug-likeness (QED) is 0.483. The number of halogens is 1. The number of rotatable bonds is 6. The Hall–Kier alpha value is -2.55. The van der Waals surface area contributed by atoms with E-state index in [2.05, 4.69) is 10.3 Å². The smallest absolute Gasteiger partial charge is 0.271 e. The molecule has 0 unspecified atom stereocenters. The van der Waals surface area contributed by atoms with Crippen LogP contribution in [-0.4, -0.2) is 34.3 Å². The monoisotopic (exact) mass is 404 g/mol. The van der Waals surface area contributed by atoms with E-state index < -0.39 is 4.92 Å². The molecule has 1 atom stereocenters. The number of nitro groups is 1. The lowest BCUT2D eigenvalue weighted by atomic mass is 10.2. The number of aromatic nitrogens is 1. The summed E-state index contributed by atoms with van der Waals surface area (Å²) in [4.78, 5) is 29.1. The van der Waals surface area contributed by atoms with E-state index in [0.717, 1.165) is 15.2 Å². The standard InChI is InChI=1S/C18H17ClN4O3S/c1-11(18-21-15-5-3-4-6-16(15)27-18)22(2)10-17(24)20-14-8-7-12(23(25)26)9-13(14)19/h3-9,11H,10H2,1-2H3,(H,20,24)/t11-/m0/s1. The third-order valence-electron chi connectivity index (χ3n) is 4.16. The summed E-state index contributed by atoms with van der Waals surface area (Å²) in [6.07, 6.45) is 0. The van der Waals surface area contributed by atoms with Gasteiger partial charge < -0.3 is 5.32 Å². The van der Waals surface area contributed by atoms with Crippen LogP contribution in [0.25, 0.3) is 10.2 Å². The van der Waals surface area contributed by atoms with Gasteiger partial charge in [-0.3, -0.25) is 19.8 Å². The van der Waals surface area contributed by atoms with Crippen LogP contribution < -0.4 is 5.32 Å². The van der Waals surface area contributed by atoms with Gasteiger partial charge in [-0.15, -0.1) is 11.3 Å². The molecule has 3 rings (SSSR count). The van der Waals surface area contributed by atoms with Crippen molar-refractivity contribution >= 4 is 50.4 Å². The van der Waals surface area contributed by atoms with Crippen molar-refractivity contribution in [1.82, 2.24) is 9.88 Å². The van der Waals surface area contributed by atoms with Crippen LogP contribution in [0.3, 0.4) is 0 Å². The van der Waals surface area contributed by atoms with Crippen molar-refractivity contribution in [3.05, 3.63) is 62.6 Å². The Labute approximate surface area is 164 Å². The first-order valence-corrected chi connectivity index (χ1v) is 9.34. The summed E-state index contributed by atoms with van der Waals surface area (Å²) in [6, 6.07) is 11.8. The molecular weight excluding hydrogens is 388 g/mol. The molecular formula is C18H17ClN4O3S. The van der Waals surface area contributed by atoms with Crippen molar-refractivity contribution in [2.45, 2.75) is 13.0 Å². The van der Waals surface area contributed by atoms with Crippen molar-refractivity contribution in [2.75, 3.05) is 18.9 Å². The number of hydrogen-bond acceptors (Lipinski definition) is 6. The Balaban J connectivity index is 1.65. The zero-order chi connectivity index (χ0) is 19.6. The molecule has 1 amide bonds. The fourth-order valence-electron chi connectivity index (χ4n) is 2.53. The first-order chi connectivity index (χ1) is 12.8. The fourth-order valence-corrected chi connectivity index (χ4v) is 3.84. The summed E-state index contributed by atoms with van der Waals surface area (Å²) < 4.78 is 1.11. The average Bonchev–Trinajstić information content (AvgIpc) is 3.06. The van der Waals surface area contributed by atoms with E-state index in [1.807, 2.05) is 43.1 Å². The van der Waals surface area contributed by atoms with Gasteiger partial charge in [0.15, 0.2) is 0 Å². The first kappa shape index (κ1) is 19.2. The molecule has 7 nitrogen and oxygen atoms in total. The molecule has 0 fully saturated rings. The Kier molecular flexibility index (Phi) is 5.69. The van der Waals surface area contributed by atoms with Crippen LogP contribution in [0.5, 0.6) is 0 Å². The number of anilines is 1. The minimum atomic E-state index is -0.537. The molecule has 0 aliphatic heterocycles. The molecule has 0 saturated carbocycles. The highest BCUT2D eigenvalue weighted by molar-refractivity contribution is 7.18. The van der Waals surface area contributed by atoms with Crippen molar-refractivity contribution in [3.8, 4) is 0 Å². The van der Waals surface area contributed by atoms with Gasteiger partial charge in [0.05, 0.1) is 38.4 Å². The lowest BCUT2D eigenvalue weighted by Gasteiger charge is -2.22. The maximum absolute atomic E-state index is 12.3. The highest BCUT2D eigenvalue weighted by Gasteiger charge is 2.19. The third-order valence-corrected chi connectivity index (χ3v) is 5.68. The summed E-state index contributed by atoms with van der Waals surface area (Å²) in [7, 11) is 1.84. The van der Waals surface area contributed by atoms with Crippen LogP contribution in [0.15, 0.2) is 42.5 Å². The zero-order valence-electron chi connectivity index (χ0n) is 14.7. The molecule has 0 aliphatic rings. The van der Waals surface area contributed by atoms with Crippen LogP contribution in [0.2, 0.25) is 5.02 Å². The van der Waals surface area contributed by atoms with Crippen LogP contribution in [0, 0.1) is 10.1 Å². The van der Waals surface area contributed by atoms with E-state index in [1.165, 1.54) is 18.2 Å². The van der Waals surface area contributed by atoms with Crippen LogP contribution in [-0.2, 0) is 4.79 Å². The molecule has 140 valence electrons. The molecule has 1 aromatic heterocycles. The van der Waals surface area contributed by atoms with Crippen molar-refractivity contribution in [3.63, 3.8) is 0 Å². The number of non-ortho nitro benzene ring substituents is 1. The van der Waals surface area contributed by atoms with E-state index in [1.54, 1.807) is 11.3 Å². The molecule has 0 radical (unpaired) electrons. The zero-order valence-corrected chi connectivity index (χ0v) is 16.3. The van der Waals surface area contributed by atoms with Crippen molar-refractivity contribution < 1.29 is 9.72 Å². The largest absolute Gasteiger partial charge is 0.324 e. The average molecular weight is 405 g/mol. The summed E-state index contributed by atoms with van der Waals surface area (Å²) in [6.45, 7) is 2.12. The second-order valence-electron chi connectivity index (χ2n) is 6.08. The first-order valence-electron chi connectivity index (χ1n) is 8.14. The number of carbonyl (C=O) groups is 1. The number of para-hydroxylation sites is 1. The van der Waals surface area contributed by atoms with Gasteiger partial charge in [-0.25, -0.2) is 4.98 Å². The molecule has 2 aromatic carbocycles. The number of likely N-dealkylation sites (N-methyl/N-ethyl adjacent to an activating group) is 1. The number of thiazole rings is 1. The Morgan fingerprint density at radius 2 is 2.11 bits per heavy atom. The molecule has 0 saturated heterocycles. The van der Waals surface area contributed by atoms with Crippen molar-refractivity contribution in [1.29, 1.82) is 0 Å². The van der Waals surface area contributed by atoms with Gasteiger partial charge in [-0.1, -0.05) is 23.7 Å². The second kappa shape index (κ2) is 7.99. The van der Waals surface area contributed by atoms with Crippen LogP contribution >= 0.6 is 22.9 Å². The maximum atomic E-state index is 12.3. The number of fused-ring (bicyclic) bond motifs is 1. The van der Waals surface area contributed by atoms with E-state index >= 15 is 0 Å². The molecule has 0 aliphatic carbocycles. The SMILES string of the molecule is C[C@@H](c1nc2ccccc2s1)N(C)CC(=O)Nc1ccc([N+](=O)[O-])cc1Cl. The van der Waals surface area contributed by atoms with E-state index in [9.17, 15) is 14.9 Å². The van der Waals surface area contributed by atoms with Gasteiger partial charge in [0.1, 0.15) is 5.01 Å². The maximum Gasteiger partial charge on any atom is 0.271 e. The van der Waals surface area contributed by atoms with Gasteiger partial charge in [0.2, 0.25) is 5.91 Å². The predicted octanol–water partition coefficient (Wildman–Crippen LogP) is 4.49. The van der Waals surface area contributed by atoms with Gasteiger partial charge in [-0.2, -0.15) is 0 Å². The predicted molar refractivity (Wildman–Crippen MR) is 107 cm³/mol. The molecule has 3 aromatic rings. The van der Waals surface area contributed by atoms with Gasteiger partial charge in [0.25, 0.3) is 5.69 Å². The number of benzene rings is 2. The number of nitrogens with one attached hydrogen (secondary N) is 1. The van der Waals surface area contributed by atoms with Gasteiger partial charge in [0, 0.05) is 12.1 Å². The highest BCUT2D eigenvalue weighted by Crippen LogP contribution is 2.29. The number of nitrogens with zero attached hydrogens (tertiary/aromatic N) is 3. The third kappa shape index (κ3) is 4.41. The van der Waals surface area contributed by atoms with E-state index in [4.69, 9.17) is 11.6 Å². The number of amides is 1. The lowest BCUT2D eigenvalue weighted by molar-refractivity contribution is -0.384. The Morgan fingerprint density at radius 3 is 2.78 bits per heavy atom. The fraction of sp³-hybridized carbons (Fsp3) is 0.222. The number of nitro benzene ring substituents is 1. The van der Waals surface area contributed by atoms with Gasteiger partial charge in [-0.05, 0) is 32.2 Å². The Morgan fingerprint density at radius 1 is 1.37 bits per heavy atom. The molecule has 1 heterocycles. The topological polar surface area (TPSA) is 88.4 Å². The highest BCUT2D eigenvalue weighted by atomic mass is 35.5. The molecule has 1 N–H and O–H groups in total. The summed E-state index contributed by atoms with van der Waals surface area (Å²) >= 11 is 7.62.